The van der Waals surface area contributed by atoms with Crippen LogP contribution in [0, 0.1) is 0 Å². The van der Waals surface area contributed by atoms with Crippen LogP contribution in [0.15, 0.2) is 42.5 Å². The Morgan fingerprint density at radius 3 is 2.52 bits per heavy atom. The van der Waals surface area contributed by atoms with Gasteiger partial charge >= 0.3 is 0 Å². The minimum atomic E-state index is 0.841. The standard InChI is InChI=1S/C20H25N2O/c1-3-4-5-6-9-15-22-17-12-8-7-11-16(17)21-20-18(22)13-10-14-19(20)23-2/h7-8,10-14H,3-6,9,15H2,1-2H3/q+1. The molecular formula is C20H25N2O+. The molecule has 1 heterocycles. The van der Waals surface area contributed by atoms with Crippen LogP contribution < -0.4 is 9.30 Å². The average molecular weight is 309 g/mol. The molecule has 1 aromatic heterocycles. The molecule has 0 N–H and O–H groups in total. The summed E-state index contributed by atoms with van der Waals surface area (Å²) in [5.41, 5.74) is 4.32. The monoisotopic (exact) mass is 309 g/mol. The van der Waals surface area contributed by atoms with Crippen LogP contribution in [-0.4, -0.2) is 12.1 Å². The van der Waals surface area contributed by atoms with Crippen LogP contribution in [0.3, 0.4) is 0 Å². The van der Waals surface area contributed by atoms with Crippen molar-refractivity contribution < 1.29 is 9.30 Å². The van der Waals surface area contributed by atoms with Gasteiger partial charge in [0.1, 0.15) is 12.1 Å². The quantitative estimate of drug-likeness (QED) is 0.360. The van der Waals surface area contributed by atoms with E-state index in [-0.39, 0.29) is 0 Å². The molecule has 0 amide bonds. The van der Waals surface area contributed by atoms with Crippen molar-refractivity contribution in [3.05, 3.63) is 42.5 Å². The molecule has 0 aliphatic heterocycles. The zero-order valence-electron chi connectivity index (χ0n) is 14.1. The second-order valence-corrected chi connectivity index (χ2v) is 5.99. The highest BCUT2D eigenvalue weighted by molar-refractivity contribution is 5.85. The second kappa shape index (κ2) is 7.40. The maximum absolute atomic E-state index is 5.51. The van der Waals surface area contributed by atoms with Crippen LogP contribution in [0.5, 0.6) is 5.75 Å². The first-order chi connectivity index (χ1) is 11.3. The molecule has 0 bridgehead atoms. The zero-order chi connectivity index (χ0) is 16.1. The van der Waals surface area contributed by atoms with Crippen molar-refractivity contribution in [3.8, 4) is 5.75 Å². The Hall–Kier alpha value is -2.16. The van der Waals surface area contributed by atoms with Gasteiger partial charge < -0.3 is 4.74 Å². The van der Waals surface area contributed by atoms with Gasteiger partial charge in [0.15, 0.2) is 11.3 Å². The molecule has 0 saturated carbocycles. The third kappa shape index (κ3) is 3.29. The van der Waals surface area contributed by atoms with Crippen molar-refractivity contribution in [2.24, 2.45) is 0 Å². The molecule has 3 heteroatoms. The van der Waals surface area contributed by atoms with Gasteiger partial charge in [0.05, 0.1) is 7.11 Å². The van der Waals surface area contributed by atoms with Crippen LogP contribution in [0.1, 0.15) is 39.0 Å². The molecule has 0 aliphatic carbocycles. The number of aromatic nitrogens is 2. The summed E-state index contributed by atoms with van der Waals surface area (Å²) in [6.45, 7) is 3.28. The van der Waals surface area contributed by atoms with E-state index in [1.807, 2.05) is 18.2 Å². The summed E-state index contributed by atoms with van der Waals surface area (Å²) in [5.74, 6) is 0.841. The SMILES string of the molecule is CCCCCCC[n+]1c2ccccc2nc2c(OC)cccc21. The Morgan fingerprint density at radius 1 is 0.913 bits per heavy atom. The first-order valence-electron chi connectivity index (χ1n) is 8.60. The summed E-state index contributed by atoms with van der Waals surface area (Å²) in [6.07, 6.45) is 6.41. The van der Waals surface area contributed by atoms with E-state index >= 15 is 0 Å². The van der Waals surface area contributed by atoms with Crippen molar-refractivity contribution in [3.63, 3.8) is 0 Å². The molecule has 0 atom stereocenters. The fraction of sp³-hybridized carbons (Fsp3) is 0.400. The predicted molar refractivity (Wildman–Crippen MR) is 94.8 cm³/mol. The lowest BCUT2D eigenvalue weighted by molar-refractivity contribution is -0.646. The third-order valence-corrected chi connectivity index (χ3v) is 4.38. The normalized spacial score (nSPS) is 11.2. The smallest absolute Gasteiger partial charge is 0.235 e. The minimum Gasteiger partial charge on any atom is -0.494 e. The molecule has 3 aromatic rings. The average Bonchev–Trinajstić information content (AvgIpc) is 2.60. The van der Waals surface area contributed by atoms with Crippen LogP contribution in [-0.2, 0) is 6.54 Å². The number of nitrogens with zero attached hydrogens (tertiary/aromatic N) is 2. The van der Waals surface area contributed by atoms with E-state index in [1.54, 1.807) is 7.11 Å². The number of rotatable bonds is 7. The molecule has 2 aromatic carbocycles. The molecule has 0 fully saturated rings. The summed E-state index contributed by atoms with van der Waals surface area (Å²) < 4.78 is 7.91. The van der Waals surface area contributed by atoms with Gasteiger partial charge in [-0.25, -0.2) is 4.98 Å². The van der Waals surface area contributed by atoms with Gasteiger partial charge in [-0.3, -0.25) is 0 Å². The predicted octanol–water partition coefficient (Wildman–Crippen LogP) is 4.65. The number of fused-ring (bicyclic) bond motifs is 2. The van der Waals surface area contributed by atoms with Gasteiger partial charge in [0, 0.05) is 18.6 Å². The molecule has 3 nitrogen and oxygen atoms in total. The molecule has 23 heavy (non-hydrogen) atoms. The van der Waals surface area contributed by atoms with E-state index in [2.05, 4.69) is 35.8 Å². The minimum absolute atomic E-state index is 0.841. The van der Waals surface area contributed by atoms with Crippen LogP contribution in [0.2, 0.25) is 0 Å². The van der Waals surface area contributed by atoms with E-state index < -0.39 is 0 Å². The zero-order valence-corrected chi connectivity index (χ0v) is 14.1. The Kier molecular flexibility index (Phi) is 5.06. The molecule has 0 radical (unpaired) electrons. The van der Waals surface area contributed by atoms with Gasteiger partial charge in [0.25, 0.3) is 0 Å². The number of unbranched alkanes of at least 4 members (excludes halogenated alkanes) is 4. The maximum Gasteiger partial charge on any atom is 0.235 e. The molecule has 3 rings (SSSR count). The largest absolute Gasteiger partial charge is 0.494 e. The van der Waals surface area contributed by atoms with Gasteiger partial charge in [-0.2, -0.15) is 4.57 Å². The number of hydrogen-bond acceptors (Lipinski definition) is 2. The number of aryl methyl sites for hydroxylation is 1. The Balaban J connectivity index is 2.04. The second-order valence-electron chi connectivity index (χ2n) is 5.99. The summed E-state index contributed by atoms with van der Waals surface area (Å²) in [7, 11) is 1.71. The maximum atomic E-state index is 5.51. The van der Waals surface area contributed by atoms with Crippen LogP contribution in [0.4, 0.5) is 0 Å². The van der Waals surface area contributed by atoms with Crippen LogP contribution >= 0.6 is 0 Å². The lowest BCUT2D eigenvalue weighted by atomic mass is 10.1. The summed E-state index contributed by atoms with van der Waals surface area (Å²) in [5, 5.41) is 0. The van der Waals surface area contributed by atoms with Gasteiger partial charge in [-0.05, 0) is 18.6 Å². The highest BCUT2D eigenvalue weighted by atomic mass is 16.5. The number of ether oxygens (including phenoxy) is 1. The summed E-state index contributed by atoms with van der Waals surface area (Å²) in [4.78, 5) is 4.82. The van der Waals surface area contributed by atoms with Crippen molar-refractivity contribution in [2.75, 3.05) is 7.11 Å². The number of para-hydroxylation sites is 3. The number of hydrogen-bond donors (Lipinski definition) is 0. The lowest BCUT2D eigenvalue weighted by Crippen LogP contribution is -2.36. The summed E-state index contributed by atoms with van der Waals surface area (Å²) in [6, 6.07) is 14.5. The third-order valence-electron chi connectivity index (χ3n) is 4.38. The Morgan fingerprint density at radius 2 is 1.70 bits per heavy atom. The summed E-state index contributed by atoms with van der Waals surface area (Å²) >= 11 is 0. The molecular weight excluding hydrogens is 284 g/mol. The van der Waals surface area contributed by atoms with Crippen molar-refractivity contribution in [1.29, 1.82) is 0 Å². The fourth-order valence-electron chi connectivity index (χ4n) is 3.16. The molecule has 0 saturated heterocycles. The van der Waals surface area contributed by atoms with Gasteiger partial charge in [-0.1, -0.05) is 44.4 Å². The van der Waals surface area contributed by atoms with Crippen LogP contribution in [0.25, 0.3) is 22.1 Å². The van der Waals surface area contributed by atoms with E-state index in [9.17, 15) is 0 Å². The molecule has 0 spiro atoms. The highest BCUT2D eigenvalue weighted by Crippen LogP contribution is 2.23. The highest BCUT2D eigenvalue weighted by Gasteiger charge is 2.18. The van der Waals surface area contributed by atoms with E-state index in [0.717, 1.165) is 28.8 Å². The van der Waals surface area contributed by atoms with E-state index in [4.69, 9.17) is 9.72 Å². The van der Waals surface area contributed by atoms with Crippen molar-refractivity contribution in [1.82, 2.24) is 4.98 Å². The van der Waals surface area contributed by atoms with Crippen molar-refractivity contribution in [2.45, 2.75) is 45.6 Å². The van der Waals surface area contributed by atoms with E-state index in [0.29, 0.717) is 0 Å². The van der Waals surface area contributed by atoms with E-state index in [1.165, 1.54) is 37.6 Å². The molecule has 0 aliphatic rings. The molecule has 0 unspecified atom stereocenters. The molecule has 120 valence electrons. The Labute approximate surface area is 137 Å². The number of methoxy groups -OCH3 is 1. The van der Waals surface area contributed by atoms with Gasteiger partial charge in [0.2, 0.25) is 11.0 Å². The number of benzene rings is 2. The first-order valence-corrected chi connectivity index (χ1v) is 8.60. The van der Waals surface area contributed by atoms with Gasteiger partial charge in [-0.15, -0.1) is 0 Å². The lowest BCUT2D eigenvalue weighted by Gasteiger charge is -2.08. The Bertz CT molecular complexity index is 798. The topological polar surface area (TPSA) is 26.0 Å². The fourth-order valence-corrected chi connectivity index (χ4v) is 3.16. The first kappa shape index (κ1) is 15.7. The van der Waals surface area contributed by atoms with Crippen molar-refractivity contribution >= 4 is 22.1 Å².